The fourth-order valence-corrected chi connectivity index (χ4v) is 7.94. The van der Waals surface area contributed by atoms with Crippen LogP contribution >= 0.6 is 12.4 Å². The molecule has 0 saturated heterocycles. The van der Waals surface area contributed by atoms with Crippen LogP contribution in [0, 0.1) is 18.8 Å². The van der Waals surface area contributed by atoms with Crippen molar-refractivity contribution in [1.82, 2.24) is 19.8 Å². The number of halogens is 1. The molecule has 1 aliphatic carbocycles. The van der Waals surface area contributed by atoms with Crippen LogP contribution in [-0.2, 0) is 26.0 Å². The maximum Gasteiger partial charge on any atom is 0.271 e. The van der Waals surface area contributed by atoms with E-state index < -0.39 is 16.1 Å². The Morgan fingerprint density at radius 1 is 0.958 bits per heavy atom. The van der Waals surface area contributed by atoms with Gasteiger partial charge in [0.05, 0.1) is 15.8 Å². The van der Waals surface area contributed by atoms with E-state index in [0.717, 1.165) is 47.9 Å². The van der Waals surface area contributed by atoms with Crippen molar-refractivity contribution < 1.29 is 18.0 Å². The molecule has 0 aliphatic heterocycles. The fraction of sp³-hybridized carbons (Fsp3) is 0.400. The first-order chi connectivity index (χ1) is 22.5. The number of nitrogens with zero attached hydrogens (tertiary/aromatic N) is 1. The predicted molar refractivity (Wildman–Crippen MR) is 192 cm³/mol. The third-order valence-electron chi connectivity index (χ3n) is 9.27. The van der Waals surface area contributed by atoms with E-state index in [1.165, 1.54) is 4.31 Å². The van der Waals surface area contributed by atoms with Gasteiger partial charge in [0.2, 0.25) is 21.8 Å². The highest BCUT2D eigenvalue weighted by Crippen LogP contribution is 2.30. The number of benzene rings is 3. The first-order valence-electron chi connectivity index (χ1n) is 16.3. The van der Waals surface area contributed by atoms with Crippen molar-refractivity contribution in [3.05, 3.63) is 82.1 Å². The zero-order valence-electron chi connectivity index (χ0n) is 27.5. The number of aryl methyl sites for hydroxylation is 1. The maximum absolute atomic E-state index is 13.6. The van der Waals surface area contributed by atoms with Crippen LogP contribution in [0.2, 0.25) is 0 Å². The van der Waals surface area contributed by atoms with Crippen molar-refractivity contribution in [2.45, 2.75) is 63.8 Å². The third-order valence-corrected chi connectivity index (χ3v) is 11.3. The van der Waals surface area contributed by atoms with Crippen molar-refractivity contribution >= 4 is 50.8 Å². The summed E-state index contributed by atoms with van der Waals surface area (Å²) in [4.78, 5) is 39.2. The van der Waals surface area contributed by atoms with Gasteiger partial charge in [-0.25, -0.2) is 8.42 Å². The van der Waals surface area contributed by atoms with E-state index in [0.29, 0.717) is 42.1 Å². The van der Waals surface area contributed by atoms with Gasteiger partial charge in [-0.1, -0.05) is 44.2 Å². The number of aromatic nitrogens is 2. The number of hydrogen-bond donors (Lipinski definition) is 5. The standard InChI is InChI=1S/C35H44N6O5S.ClH/c1-4-41(5-2)47(45,46)28-15-17-29(22(3)18-28)25-10-6-23(7-11-25)19-32(38-33(42)26-12-8-24(21-36)9-13-26)35(44)37-27-14-16-30-31(20-27)39-40-34(30)43;/h6-7,10-11,14-18,20,24,26,32H,4-5,8-9,12-13,19,21,36H2,1-3H3,(H,37,44)(H,38,42)(H2,39,40,43);1H/t24?,26?,32-;/m0./s1. The van der Waals surface area contributed by atoms with Gasteiger partial charge in [0.1, 0.15) is 6.04 Å². The number of anilines is 1. The lowest BCUT2D eigenvalue weighted by Crippen LogP contribution is -2.48. The minimum absolute atomic E-state index is 0. The second-order valence-corrected chi connectivity index (χ2v) is 14.2. The van der Waals surface area contributed by atoms with Gasteiger partial charge < -0.3 is 16.4 Å². The summed E-state index contributed by atoms with van der Waals surface area (Å²) in [6, 6.07) is 17.0. The summed E-state index contributed by atoms with van der Waals surface area (Å²) in [5.74, 6) is -0.250. The Morgan fingerprint density at radius 3 is 2.27 bits per heavy atom. The molecule has 0 spiro atoms. The molecule has 1 atom stereocenters. The Balaban J connectivity index is 0.00000520. The summed E-state index contributed by atoms with van der Waals surface area (Å²) < 4.78 is 27.5. The molecule has 0 bridgehead atoms. The molecule has 1 aliphatic rings. The molecule has 1 heterocycles. The average molecular weight is 697 g/mol. The number of rotatable bonds is 12. The van der Waals surface area contributed by atoms with Gasteiger partial charge in [0, 0.05) is 31.1 Å². The summed E-state index contributed by atoms with van der Waals surface area (Å²) in [5.41, 5.74) is 10.2. The summed E-state index contributed by atoms with van der Waals surface area (Å²) in [6.45, 7) is 6.95. The van der Waals surface area contributed by atoms with Gasteiger partial charge in [-0.3, -0.25) is 24.6 Å². The molecular formula is C35H45ClN6O5S. The zero-order chi connectivity index (χ0) is 33.7. The summed E-state index contributed by atoms with van der Waals surface area (Å²) >= 11 is 0. The normalized spacial score (nSPS) is 17.1. The van der Waals surface area contributed by atoms with E-state index in [1.807, 2.05) is 51.1 Å². The van der Waals surface area contributed by atoms with Crippen molar-refractivity contribution in [2.24, 2.45) is 17.6 Å². The number of carbonyl (C=O) groups excluding carboxylic acids is 2. The van der Waals surface area contributed by atoms with Crippen molar-refractivity contribution in [1.29, 1.82) is 0 Å². The Morgan fingerprint density at radius 2 is 1.65 bits per heavy atom. The van der Waals surface area contributed by atoms with Gasteiger partial charge in [-0.2, -0.15) is 4.31 Å². The molecule has 2 amide bonds. The number of H-pyrrole nitrogens is 2. The molecule has 6 N–H and O–H groups in total. The Hall–Kier alpha value is -3.97. The number of carbonyl (C=O) groups is 2. The van der Waals surface area contributed by atoms with Crippen LogP contribution in [0.25, 0.3) is 22.0 Å². The van der Waals surface area contributed by atoms with E-state index in [9.17, 15) is 22.8 Å². The molecule has 3 aromatic carbocycles. The minimum Gasteiger partial charge on any atom is -0.344 e. The Kier molecular flexibility index (Phi) is 12.2. The lowest BCUT2D eigenvalue weighted by molar-refractivity contribution is -0.130. The Bertz CT molecular complexity index is 1890. The first kappa shape index (κ1) is 36.9. The third kappa shape index (κ3) is 8.18. The molecule has 1 aromatic heterocycles. The molecule has 258 valence electrons. The number of sulfonamides is 1. The highest BCUT2D eigenvalue weighted by Gasteiger charge is 2.29. The number of nitrogens with two attached hydrogens (primary N) is 1. The largest absolute Gasteiger partial charge is 0.344 e. The molecule has 5 rings (SSSR count). The molecule has 13 heteroatoms. The van der Waals surface area contributed by atoms with E-state index in [-0.39, 0.29) is 47.0 Å². The van der Waals surface area contributed by atoms with Gasteiger partial charge in [-0.05, 0) is 97.7 Å². The average Bonchev–Trinajstić information content (AvgIpc) is 3.44. The minimum atomic E-state index is -3.57. The second-order valence-electron chi connectivity index (χ2n) is 12.3. The lowest BCUT2D eigenvalue weighted by Gasteiger charge is -2.28. The van der Waals surface area contributed by atoms with Crippen LogP contribution in [-0.4, -0.2) is 60.4 Å². The number of nitrogens with one attached hydrogen (secondary N) is 4. The SMILES string of the molecule is CCN(CC)S(=O)(=O)c1ccc(-c2ccc(C[C@H](NC(=O)C3CCC(CN)CC3)C(=O)Nc3ccc4c(=O)[nH][nH]c4c3)cc2)c(C)c1.Cl. The second kappa shape index (κ2) is 16.0. The summed E-state index contributed by atoms with van der Waals surface area (Å²) in [5, 5.41) is 11.7. The van der Waals surface area contributed by atoms with Crippen LogP contribution in [0.4, 0.5) is 5.69 Å². The number of fused-ring (bicyclic) bond motifs is 1. The quantitative estimate of drug-likeness (QED) is 0.144. The van der Waals surface area contributed by atoms with Gasteiger partial charge >= 0.3 is 0 Å². The van der Waals surface area contributed by atoms with Crippen LogP contribution in [0.1, 0.15) is 50.7 Å². The smallest absolute Gasteiger partial charge is 0.271 e. The summed E-state index contributed by atoms with van der Waals surface area (Å²) in [6.07, 6.45) is 3.53. The van der Waals surface area contributed by atoms with E-state index in [4.69, 9.17) is 5.73 Å². The zero-order valence-corrected chi connectivity index (χ0v) is 29.2. The first-order valence-corrected chi connectivity index (χ1v) is 17.7. The van der Waals surface area contributed by atoms with Crippen LogP contribution in [0.15, 0.2) is 70.4 Å². The van der Waals surface area contributed by atoms with Crippen LogP contribution in [0.5, 0.6) is 0 Å². The lowest BCUT2D eigenvalue weighted by atomic mass is 9.81. The number of aromatic amines is 2. The van der Waals surface area contributed by atoms with E-state index >= 15 is 0 Å². The molecule has 11 nitrogen and oxygen atoms in total. The number of hydrogen-bond acceptors (Lipinski definition) is 6. The number of amides is 2. The van der Waals surface area contributed by atoms with Crippen molar-refractivity contribution in [2.75, 3.05) is 25.0 Å². The van der Waals surface area contributed by atoms with Gasteiger partial charge in [0.25, 0.3) is 5.56 Å². The van der Waals surface area contributed by atoms with Gasteiger partial charge in [0.15, 0.2) is 0 Å². The van der Waals surface area contributed by atoms with Crippen LogP contribution in [0.3, 0.4) is 0 Å². The van der Waals surface area contributed by atoms with Crippen molar-refractivity contribution in [3.8, 4) is 11.1 Å². The van der Waals surface area contributed by atoms with Crippen LogP contribution < -0.4 is 21.9 Å². The topological polar surface area (TPSA) is 170 Å². The van der Waals surface area contributed by atoms with Crippen molar-refractivity contribution in [3.63, 3.8) is 0 Å². The molecule has 1 fully saturated rings. The molecule has 0 unspecified atom stereocenters. The highest BCUT2D eigenvalue weighted by atomic mass is 35.5. The van der Waals surface area contributed by atoms with Gasteiger partial charge in [-0.15, -0.1) is 12.4 Å². The monoisotopic (exact) mass is 696 g/mol. The van der Waals surface area contributed by atoms with E-state index in [2.05, 4.69) is 20.8 Å². The molecule has 1 saturated carbocycles. The molecule has 48 heavy (non-hydrogen) atoms. The maximum atomic E-state index is 13.6. The molecule has 0 radical (unpaired) electrons. The molecular weight excluding hydrogens is 652 g/mol. The van der Waals surface area contributed by atoms with E-state index in [1.54, 1.807) is 30.3 Å². The fourth-order valence-electron chi connectivity index (χ4n) is 6.39. The summed E-state index contributed by atoms with van der Waals surface area (Å²) in [7, 11) is -3.57. The predicted octanol–water partition coefficient (Wildman–Crippen LogP) is 4.72. The Labute approximate surface area is 287 Å². The molecule has 4 aromatic rings. The highest BCUT2D eigenvalue weighted by molar-refractivity contribution is 7.89.